The number of rotatable bonds is 4. The van der Waals surface area contributed by atoms with Gasteiger partial charge in [-0.3, -0.25) is 19.1 Å². The molecule has 0 saturated carbocycles. The molecule has 3 aromatic rings. The molecule has 28 heavy (non-hydrogen) atoms. The Hall–Kier alpha value is -3.46. The first kappa shape index (κ1) is 19.3. The SMILES string of the molecule is C/C(=N\NC(=O)C(=O)Nc1c(C)n(C)n(-c2ccccc2)c1=O)c1cccs1. The van der Waals surface area contributed by atoms with Crippen LogP contribution in [0.4, 0.5) is 5.69 Å². The fourth-order valence-electron chi connectivity index (χ4n) is 2.61. The molecule has 144 valence electrons. The first-order valence-electron chi connectivity index (χ1n) is 8.43. The number of carbonyl (C=O) groups excluding carboxylic acids is 2. The van der Waals surface area contributed by atoms with Crippen molar-refractivity contribution in [1.82, 2.24) is 14.8 Å². The zero-order valence-electron chi connectivity index (χ0n) is 15.6. The molecule has 0 spiro atoms. The molecule has 2 heterocycles. The topological polar surface area (TPSA) is 97.5 Å². The summed E-state index contributed by atoms with van der Waals surface area (Å²) in [6, 6.07) is 12.7. The van der Waals surface area contributed by atoms with Gasteiger partial charge in [0.2, 0.25) is 0 Å². The summed E-state index contributed by atoms with van der Waals surface area (Å²) in [5.74, 6) is -1.92. The van der Waals surface area contributed by atoms with Gasteiger partial charge < -0.3 is 5.32 Å². The van der Waals surface area contributed by atoms with Gasteiger partial charge in [-0.15, -0.1) is 11.3 Å². The highest BCUT2D eigenvalue weighted by Gasteiger charge is 2.21. The van der Waals surface area contributed by atoms with Crippen molar-refractivity contribution in [3.05, 3.63) is 68.8 Å². The molecule has 2 aromatic heterocycles. The lowest BCUT2D eigenvalue weighted by molar-refractivity contribution is -0.136. The molecule has 2 N–H and O–H groups in total. The number of aromatic nitrogens is 2. The Kier molecular flexibility index (Phi) is 5.55. The van der Waals surface area contributed by atoms with E-state index in [2.05, 4.69) is 15.8 Å². The number of hydrogen-bond acceptors (Lipinski definition) is 5. The summed E-state index contributed by atoms with van der Waals surface area (Å²) < 4.78 is 3.03. The number of para-hydroxylation sites is 1. The number of nitrogens with one attached hydrogen (secondary N) is 2. The Morgan fingerprint density at radius 2 is 1.79 bits per heavy atom. The zero-order chi connectivity index (χ0) is 20.3. The van der Waals surface area contributed by atoms with Gasteiger partial charge in [-0.05, 0) is 37.4 Å². The average Bonchev–Trinajstić information content (AvgIpc) is 3.30. The maximum atomic E-state index is 12.8. The highest BCUT2D eigenvalue weighted by atomic mass is 32.1. The van der Waals surface area contributed by atoms with E-state index in [1.165, 1.54) is 16.0 Å². The Bertz CT molecular complexity index is 1090. The van der Waals surface area contributed by atoms with Gasteiger partial charge in [0.25, 0.3) is 5.56 Å². The van der Waals surface area contributed by atoms with Crippen LogP contribution in [0.25, 0.3) is 5.69 Å². The second-order valence-corrected chi connectivity index (χ2v) is 6.95. The summed E-state index contributed by atoms with van der Waals surface area (Å²) >= 11 is 1.47. The first-order valence-corrected chi connectivity index (χ1v) is 9.31. The highest BCUT2D eigenvalue weighted by Crippen LogP contribution is 2.14. The van der Waals surface area contributed by atoms with E-state index in [1.54, 1.807) is 37.7 Å². The van der Waals surface area contributed by atoms with Gasteiger partial charge in [0.05, 0.1) is 17.1 Å². The highest BCUT2D eigenvalue weighted by molar-refractivity contribution is 7.12. The lowest BCUT2D eigenvalue weighted by Gasteiger charge is -2.07. The summed E-state index contributed by atoms with van der Waals surface area (Å²) in [7, 11) is 1.70. The molecule has 0 aliphatic rings. The number of hydrazone groups is 1. The van der Waals surface area contributed by atoms with Gasteiger partial charge in [0.1, 0.15) is 5.69 Å². The maximum Gasteiger partial charge on any atom is 0.329 e. The van der Waals surface area contributed by atoms with Crippen molar-refractivity contribution in [3.63, 3.8) is 0 Å². The minimum atomic E-state index is -0.964. The van der Waals surface area contributed by atoms with Gasteiger partial charge in [-0.1, -0.05) is 24.3 Å². The van der Waals surface area contributed by atoms with Crippen LogP contribution in [-0.4, -0.2) is 26.9 Å². The van der Waals surface area contributed by atoms with Gasteiger partial charge >= 0.3 is 11.8 Å². The number of amides is 2. The summed E-state index contributed by atoms with van der Waals surface area (Å²) in [6.45, 7) is 3.41. The Morgan fingerprint density at radius 3 is 2.43 bits per heavy atom. The van der Waals surface area contributed by atoms with Crippen molar-refractivity contribution in [3.8, 4) is 5.69 Å². The fraction of sp³-hybridized carbons (Fsp3) is 0.158. The van der Waals surface area contributed by atoms with Crippen molar-refractivity contribution in [2.75, 3.05) is 5.32 Å². The predicted octanol–water partition coefficient (Wildman–Crippen LogP) is 2.02. The lowest BCUT2D eigenvalue weighted by atomic mass is 10.3. The molecule has 0 saturated heterocycles. The molecule has 1 aromatic carbocycles. The van der Waals surface area contributed by atoms with E-state index in [1.807, 2.05) is 35.7 Å². The van der Waals surface area contributed by atoms with E-state index in [9.17, 15) is 14.4 Å². The van der Waals surface area contributed by atoms with Crippen molar-refractivity contribution in [2.45, 2.75) is 13.8 Å². The standard InChI is InChI=1S/C19H19N5O3S/c1-12(15-10-7-11-28-15)21-22-18(26)17(25)20-16-13(2)23(3)24(19(16)27)14-8-5-4-6-9-14/h4-11H,1-3H3,(H,20,25)(H,22,26)/b21-12+. The molecule has 0 fully saturated rings. The van der Waals surface area contributed by atoms with E-state index in [0.717, 1.165) is 4.88 Å². The largest absolute Gasteiger partial charge is 0.329 e. The van der Waals surface area contributed by atoms with Crippen molar-refractivity contribution in [1.29, 1.82) is 0 Å². The number of anilines is 1. The molecule has 0 aliphatic carbocycles. The van der Waals surface area contributed by atoms with Crippen molar-refractivity contribution < 1.29 is 9.59 Å². The van der Waals surface area contributed by atoms with E-state index in [0.29, 0.717) is 17.1 Å². The van der Waals surface area contributed by atoms with Crippen LogP contribution < -0.4 is 16.3 Å². The number of carbonyl (C=O) groups is 2. The quantitative estimate of drug-likeness (QED) is 0.400. The normalized spacial score (nSPS) is 11.3. The minimum Gasteiger partial charge on any atom is -0.311 e. The third kappa shape index (κ3) is 3.79. The second kappa shape index (κ2) is 8.05. The monoisotopic (exact) mass is 397 g/mol. The van der Waals surface area contributed by atoms with Gasteiger partial charge in [-0.2, -0.15) is 5.10 Å². The molecular weight excluding hydrogens is 378 g/mol. The lowest BCUT2D eigenvalue weighted by Crippen LogP contribution is -2.34. The van der Waals surface area contributed by atoms with Crippen LogP contribution in [-0.2, 0) is 16.6 Å². The fourth-order valence-corrected chi connectivity index (χ4v) is 3.28. The van der Waals surface area contributed by atoms with E-state index < -0.39 is 17.4 Å². The number of thiophene rings is 1. The summed E-state index contributed by atoms with van der Waals surface area (Å²) in [4.78, 5) is 37.9. The third-order valence-corrected chi connectivity index (χ3v) is 5.18. The summed E-state index contributed by atoms with van der Waals surface area (Å²) in [6.07, 6.45) is 0. The molecule has 8 nitrogen and oxygen atoms in total. The first-order chi connectivity index (χ1) is 13.4. The van der Waals surface area contributed by atoms with Crippen LogP contribution in [0.3, 0.4) is 0 Å². The Morgan fingerprint density at radius 1 is 1.07 bits per heavy atom. The molecule has 0 unspecified atom stereocenters. The molecule has 0 bridgehead atoms. The number of nitrogens with zero attached hydrogens (tertiary/aromatic N) is 3. The van der Waals surface area contributed by atoms with E-state index >= 15 is 0 Å². The Balaban J connectivity index is 1.78. The van der Waals surface area contributed by atoms with Gasteiger partial charge in [0.15, 0.2) is 0 Å². The van der Waals surface area contributed by atoms with E-state index in [4.69, 9.17) is 0 Å². The van der Waals surface area contributed by atoms with Gasteiger partial charge in [-0.25, -0.2) is 10.1 Å². The van der Waals surface area contributed by atoms with Crippen molar-refractivity contribution in [2.24, 2.45) is 12.1 Å². The minimum absolute atomic E-state index is 0.0467. The summed E-state index contributed by atoms with van der Waals surface area (Å²) in [5, 5.41) is 8.21. The molecule has 0 atom stereocenters. The van der Waals surface area contributed by atoms with E-state index in [-0.39, 0.29) is 5.69 Å². The maximum absolute atomic E-state index is 12.8. The molecule has 9 heteroatoms. The number of benzene rings is 1. The van der Waals surface area contributed by atoms with Crippen LogP contribution >= 0.6 is 11.3 Å². The summed E-state index contributed by atoms with van der Waals surface area (Å²) in [5.41, 5.74) is 3.59. The van der Waals surface area contributed by atoms with Crippen LogP contribution in [0.1, 0.15) is 17.5 Å². The van der Waals surface area contributed by atoms with Crippen LogP contribution in [0, 0.1) is 6.92 Å². The molecule has 2 amide bonds. The average molecular weight is 397 g/mol. The zero-order valence-corrected chi connectivity index (χ0v) is 16.4. The molecule has 0 aliphatic heterocycles. The molecule has 0 radical (unpaired) electrons. The Labute approximate surface area is 165 Å². The molecular formula is C19H19N5O3S. The smallest absolute Gasteiger partial charge is 0.311 e. The van der Waals surface area contributed by atoms with Crippen LogP contribution in [0.15, 0.2) is 57.7 Å². The van der Waals surface area contributed by atoms with Crippen LogP contribution in [0.2, 0.25) is 0 Å². The second-order valence-electron chi connectivity index (χ2n) is 6.01. The molecule has 3 rings (SSSR count). The number of hydrogen-bond donors (Lipinski definition) is 2. The third-order valence-electron chi connectivity index (χ3n) is 4.20. The van der Waals surface area contributed by atoms with Crippen molar-refractivity contribution >= 4 is 34.6 Å². The van der Waals surface area contributed by atoms with Gasteiger partial charge in [0, 0.05) is 11.9 Å². The predicted molar refractivity (Wildman–Crippen MR) is 109 cm³/mol. The van der Waals surface area contributed by atoms with Crippen LogP contribution in [0.5, 0.6) is 0 Å².